The molecule has 2 aromatic carbocycles. The Hall–Kier alpha value is -3.52. The van der Waals surface area contributed by atoms with Gasteiger partial charge in [0.2, 0.25) is 0 Å². The zero-order valence-corrected chi connectivity index (χ0v) is 17.4. The van der Waals surface area contributed by atoms with Crippen LogP contribution in [-0.2, 0) is 30.2 Å². The van der Waals surface area contributed by atoms with E-state index in [0.29, 0.717) is 5.69 Å². The van der Waals surface area contributed by atoms with Crippen molar-refractivity contribution in [1.29, 1.82) is 0 Å². The van der Waals surface area contributed by atoms with Gasteiger partial charge in [0.1, 0.15) is 23.3 Å². The lowest BCUT2D eigenvalue weighted by molar-refractivity contribution is -0.139. The summed E-state index contributed by atoms with van der Waals surface area (Å²) >= 11 is 0. The lowest BCUT2D eigenvalue weighted by atomic mass is 9.79. The van der Waals surface area contributed by atoms with Crippen LogP contribution in [0.3, 0.4) is 0 Å². The fourth-order valence-corrected chi connectivity index (χ4v) is 4.19. The Balaban J connectivity index is 1.83. The maximum atomic E-state index is 14.6. The van der Waals surface area contributed by atoms with E-state index in [1.807, 2.05) is 18.2 Å². The number of carbonyl (C=O) groups is 2. The number of rotatable bonds is 7. The van der Waals surface area contributed by atoms with E-state index in [1.165, 1.54) is 20.3 Å². The van der Waals surface area contributed by atoms with Gasteiger partial charge in [-0.15, -0.1) is 0 Å². The van der Waals surface area contributed by atoms with Crippen LogP contribution in [-0.4, -0.2) is 43.9 Å². The van der Waals surface area contributed by atoms with Gasteiger partial charge in [-0.25, -0.2) is 18.4 Å². The molecule has 2 aliphatic rings. The monoisotopic (exact) mass is 441 g/mol. The van der Waals surface area contributed by atoms with Gasteiger partial charge in [0.25, 0.3) is 0 Å². The minimum absolute atomic E-state index is 0.00435. The van der Waals surface area contributed by atoms with Crippen LogP contribution in [0.4, 0.5) is 14.5 Å². The Kier molecular flexibility index (Phi) is 5.80. The minimum atomic E-state index is -1.43. The first-order chi connectivity index (χ1) is 15.4. The Labute approximate surface area is 183 Å². The first kappa shape index (κ1) is 21.7. The molecule has 0 saturated heterocycles. The van der Waals surface area contributed by atoms with Crippen molar-refractivity contribution in [3.63, 3.8) is 0 Å². The highest BCUT2D eigenvalue weighted by molar-refractivity contribution is 6.05. The number of hydrogen-bond donors (Lipinski definition) is 1. The van der Waals surface area contributed by atoms with Crippen molar-refractivity contribution in [3.05, 3.63) is 89.0 Å². The largest absolute Gasteiger partial charge is 0.466 e. The number of fused-ring (bicyclic) bond motifs is 2. The number of benzene rings is 2. The lowest BCUT2D eigenvalue weighted by Crippen LogP contribution is -2.49. The molecule has 0 aliphatic carbocycles. The van der Waals surface area contributed by atoms with Crippen molar-refractivity contribution in [2.45, 2.75) is 24.2 Å². The van der Waals surface area contributed by atoms with Crippen LogP contribution in [0.25, 0.3) is 0 Å². The maximum absolute atomic E-state index is 14.6. The van der Waals surface area contributed by atoms with Crippen molar-refractivity contribution in [2.24, 2.45) is 0 Å². The van der Waals surface area contributed by atoms with Gasteiger partial charge in [0.15, 0.2) is 0 Å². The molecule has 8 heteroatoms. The Morgan fingerprint density at radius 3 is 2.47 bits per heavy atom. The quantitative estimate of drug-likeness (QED) is 0.525. The van der Waals surface area contributed by atoms with Gasteiger partial charge >= 0.3 is 11.9 Å². The maximum Gasteiger partial charge on any atom is 0.337 e. The van der Waals surface area contributed by atoms with Crippen LogP contribution in [0.5, 0.6) is 0 Å². The summed E-state index contributed by atoms with van der Waals surface area (Å²) in [5.41, 5.74) is -0.495. The number of ether oxygens (including phenoxy) is 3. The van der Waals surface area contributed by atoms with Crippen LogP contribution < -0.4 is 5.32 Å². The molecular weight excluding hydrogens is 420 g/mol. The number of para-hydroxylation sites is 1. The van der Waals surface area contributed by atoms with Crippen molar-refractivity contribution >= 4 is 17.6 Å². The molecule has 32 heavy (non-hydrogen) atoms. The molecule has 0 aromatic heterocycles. The molecule has 2 heterocycles. The molecule has 0 radical (unpaired) electrons. The smallest absolute Gasteiger partial charge is 0.337 e. The summed E-state index contributed by atoms with van der Waals surface area (Å²) in [6.45, 7) is 0. The van der Waals surface area contributed by atoms with E-state index in [-0.39, 0.29) is 23.1 Å². The molecule has 0 fully saturated rings. The van der Waals surface area contributed by atoms with Gasteiger partial charge in [0.05, 0.1) is 31.4 Å². The molecule has 2 aliphatic heterocycles. The van der Waals surface area contributed by atoms with Gasteiger partial charge in [-0.2, -0.15) is 0 Å². The zero-order valence-electron chi connectivity index (χ0n) is 17.4. The molecule has 4 rings (SSSR count). The summed E-state index contributed by atoms with van der Waals surface area (Å²) in [6, 6.07) is 11.6. The summed E-state index contributed by atoms with van der Waals surface area (Å²) in [5, 5.41) is 3.29. The summed E-state index contributed by atoms with van der Waals surface area (Å²) < 4.78 is 44.0. The molecule has 2 aromatic rings. The molecule has 3 atom stereocenters. The molecule has 6 nitrogen and oxygen atoms in total. The topological polar surface area (TPSA) is 73.9 Å². The molecule has 0 amide bonds. The normalized spacial score (nSPS) is 22.1. The second-order valence-electron chi connectivity index (χ2n) is 7.47. The van der Waals surface area contributed by atoms with Gasteiger partial charge in [0, 0.05) is 11.8 Å². The third-order valence-electron chi connectivity index (χ3n) is 5.65. The van der Waals surface area contributed by atoms with Crippen LogP contribution in [0, 0.1) is 11.6 Å². The number of anilines is 1. The summed E-state index contributed by atoms with van der Waals surface area (Å²) in [7, 11) is 2.41. The Bertz CT molecular complexity index is 1110. The highest BCUT2D eigenvalue weighted by Gasteiger charge is 2.58. The molecule has 0 spiro atoms. The minimum Gasteiger partial charge on any atom is -0.466 e. The molecular formula is C24H21F2NO5. The van der Waals surface area contributed by atoms with Crippen LogP contribution in [0.1, 0.15) is 5.56 Å². The molecule has 1 N–H and O–H groups in total. The van der Waals surface area contributed by atoms with E-state index in [2.05, 4.69) is 5.32 Å². The SMILES string of the molecule is COC(=O)C1=C(C(=O)OC)C2(C(Cc3ccc(F)cc3F)Nc3ccccc3)C=CC1O2. The van der Waals surface area contributed by atoms with E-state index < -0.39 is 41.3 Å². The second kappa shape index (κ2) is 8.55. The van der Waals surface area contributed by atoms with Crippen molar-refractivity contribution in [3.8, 4) is 0 Å². The summed E-state index contributed by atoms with van der Waals surface area (Å²) in [4.78, 5) is 25.3. The summed E-state index contributed by atoms with van der Waals surface area (Å²) in [5.74, 6) is -2.89. The number of halogens is 2. The van der Waals surface area contributed by atoms with Crippen LogP contribution >= 0.6 is 0 Å². The molecule has 0 saturated carbocycles. The summed E-state index contributed by atoms with van der Waals surface area (Å²) in [6.07, 6.45) is 2.53. The predicted octanol–water partition coefficient (Wildman–Crippen LogP) is 3.34. The van der Waals surface area contributed by atoms with E-state index in [1.54, 1.807) is 24.3 Å². The lowest BCUT2D eigenvalue weighted by Gasteiger charge is -2.36. The van der Waals surface area contributed by atoms with E-state index in [0.717, 1.165) is 12.1 Å². The van der Waals surface area contributed by atoms with Crippen LogP contribution in [0.2, 0.25) is 0 Å². The number of carbonyl (C=O) groups excluding carboxylic acids is 2. The van der Waals surface area contributed by atoms with Crippen molar-refractivity contribution in [1.82, 2.24) is 0 Å². The highest BCUT2D eigenvalue weighted by Crippen LogP contribution is 2.47. The van der Waals surface area contributed by atoms with Crippen molar-refractivity contribution in [2.75, 3.05) is 19.5 Å². The van der Waals surface area contributed by atoms with Gasteiger partial charge < -0.3 is 19.5 Å². The Morgan fingerprint density at radius 2 is 1.81 bits per heavy atom. The van der Waals surface area contributed by atoms with E-state index in [9.17, 15) is 18.4 Å². The van der Waals surface area contributed by atoms with Crippen molar-refractivity contribution < 1.29 is 32.6 Å². The predicted molar refractivity (Wildman–Crippen MR) is 112 cm³/mol. The third-order valence-corrected chi connectivity index (χ3v) is 5.65. The average molecular weight is 441 g/mol. The number of hydrogen-bond acceptors (Lipinski definition) is 6. The first-order valence-electron chi connectivity index (χ1n) is 9.93. The van der Waals surface area contributed by atoms with E-state index >= 15 is 0 Å². The molecule has 166 valence electrons. The fraction of sp³-hybridized carbons (Fsp3) is 0.250. The molecule has 2 bridgehead atoms. The number of nitrogens with one attached hydrogen (secondary N) is 1. The van der Waals surface area contributed by atoms with Gasteiger partial charge in [-0.3, -0.25) is 0 Å². The third kappa shape index (κ3) is 3.67. The number of esters is 2. The first-order valence-corrected chi connectivity index (χ1v) is 9.93. The standard InChI is InChI=1S/C24H21F2NO5/c1-30-22(28)20-18-10-11-24(32-18,21(20)23(29)31-2)19(27-16-6-4-3-5-7-16)12-14-8-9-15(25)13-17(14)26/h3-11,13,18-19,27H,12H2,1-2H3. The zero-order chi connectivity index (χ0) is 22.9. The Morgan fingerprint density at radius 1 is 1.09 bits per heavy atom. The van der Waals surface area contributed by atoms with Gasteiger partial charge in [-0.1, -0.05) is 30.3 Å². The fourth-order valence-electron chi connectivity index (χ4n) is 4.19. The number of methoxy groups -OCH3 is 2. The second-order valence-corrected chi connectivity index (χ2v) is 7.47. The highest BCUT2D eigenvalue weighted by atomic mass is 19.1. The van der Waals surface area contributed by atoms with Gasteiger partial charge in [-0.05, 0) is 36.3 Å². The van der Waals surface area contributed by atoms with Crippen LogP contribution in [0.15, 0.2) is 71.8 Å². The van der Waals surface area contributed by atoms with E-state index in [4.69, 9.17) is 14.2 Å². The average Bonchev–Trinajstić information content (AvgIpc) is 3.38. The molecule has 3 unspecified atom stereocenters.